The highest BCUT2D eigenvalue weighted by atomic mass is 32.2. The number of hydrogen-bond acceptors (Lipinski definition) is 4. The lowest BCUT2D eigenvalue weighted by Gasteiger charge is -2.05. The summed E-state index contributed by atoms with van der Waals surface area (Å²) in [6, 6.07) is 3.87. The Morgan fingerprint density at radius 2 is 2.35 bits per heavy atom. The van der Waals surface area contributed by atoms with Crippen molar-refractivity contribution in [2.75, 3.05) is 5.73 Å². The number of rotatable bonds is 5. The van der Waals surface area contributed by atoms with Gasteiger partial charge in [0.15, 0.2) is 0 Å². The van der Waals surface area contributed by atoms with Crippen molar-refractivity contribution in [2.45, 2.75) is 37.6 Å². The molecular weight excluding hydrogens is 234 g/mol. The second-order valence-corrected chi connectivity index (χ2v) is 4.86. The molecule has 2 heterocycles. The molecule has 0 saturated heterocycles. The van der Waals surface area contributed by atoms with Crippen LogP contribution >= 0.6 is 11.8 Å². The maximum Gasteiger partial charge on any atom is 0.118 e. The molecule has 0 radical (unpaired) electrons. The maximum atomic E-state index is 6.04. The quantitative estimate of drug-likeness (QED) is 0.830. The maximum absolute atomic E-state index is 6.04. The van der Waals surface area contributed by atoms with Gasteiger partial charge in [0.05, 0.1) is 23.4 Å². The van der Waals surface area contributed by atoms with E-state index in [9.17, 15) is 0 Å². The first kappa shape index (κ1) is 12.1. The first-order valence-corrected chi connectivity index (χ1v) is 6.69. The highest BCUT2D eigenvalue weighted by Gasteiger charge is 2.13. The van der Waals surface area contributed by atoms with Crippen LogP contribution in [-0.4, -0.2) is 9.78 Å². The third kappa shape index (κ3) is 2.66. The molecule has 4 nitrogen and oxygen atoms in total. The zero-order valence-corrected chi connectivity index (χ0v) is 11.0. The number of nitrogens with zero attached hydrogens (tertiary/aromatic N) is 2. The summed E-state index contributed by atoms with van der Waals surface area (Å²) in [6.45, 7) is 4.98. The predicted molar refractivity (Wildman–Crippen MR) is 69.9 cm³/mol. The SMILES string of the molecule is CCCn1nc(C)c(N)c1SCc1ccco1. The van der Waals surface area contributed by atoms with Crippen LogP contribution in [0, 0.1) is 6.92 Å². The van der Waals surface area contributed by atoms with Gasteiger partial charge in [0.2, 0.25) is 0 Å². The molecule has 0 aromatic carbocycles. The number of hydrogen-bond donors (Lipinski definition) is 1. The first-order chi connectivity index (χ1) is 8.22. The Kier molecular flexibility index (Phi) is 3.78. The second kappa shape index (κ2) is 5.31. The summed E-state index contributed by atoms with van der Waals surface area (Å²) in [6.07, 6.45) is 2.74. The lowest BCUT2D eigenvalue weighted by Crippen LogP contribution is -2.01. The van der Waals surface area contributed by atoms with Crippen molar-refractivity contribution >= 4 is 17.4 Å². The fourth-order valence-corrected chi connectivity index (χ4v) is 2.65. The lowest BCUT2D eigenvalue weighted by atomic mass is 10.4. The minimum Gasteiger partial charge on any atom is -0.468 e. The van der Waals surface area contributed by atoms with Crippen LogP contribution in [0.25, 0.3) is 0 Å². The van der Waals surface area contributed by atoms with E-state index in [0.29, 0.717) is 0 Å². The van der Waals surface area contributed by atoms with E-state index in [0.717, 1.165) is 40.9 Å². The number of aryl methyl sites for hydroxylation is 2. The Hall–Kier alpha value is -1.36. The molecule has 17 heavy (non-hydrogen) atoms. The van der Waals surface area contributed by atoms with E-state index in [-0.39, 0.29) is 0 Å². The molecule has 0 saturated carbocycles. The summed E-state index contributed by atoms with van der Waals surface area (Å²) in [5, 5.41) is 5.48. The van der Waals surface area contributed by atoms with Crippen LogP contribution in [0.2, 0.25) is 0 Å². The molecule has 0 atom stereocenters. The summed E-state index contributed by atoms with van der Waals surface area (Å²) in [5.74, 6) is 1.74. The lowest BCUT2D eigenvalue weighted by molar-refractivity contribution is 0.529. The molecule has 0 spiro atoms. The van der Waals surface area contributed by atoms with Gasteiger partial charge in [-0.2, -0.15) is 5.10 Å². The third-order valence-electron chi connectivity index (χ3n) is 2.49. The zero-order valence-electron chi connectivity index (χ0n) is 10.1. The van der Waals surface area contributed by atoms with Crippen LogP contribution in [0.1, 0.15) is 24.8 Å². The fourth-order valence-electron chi connectivity index (χ4n) is 1.62. The van der Waals surface area contributed by atoms with Gasteiger partial charge in [-0.25, -0.2) is 0 Å². The van der Waals surface area contributed by atoms with Crippen molar-refractivity contribution in [3.8, 4) is 0 Å². The van der Waals surface area contributed by atoms with Crippen LogP contribution in [0.15, 0.2) is 27.8 Å². The van der Waals surface area contributed by atoms with Gasteiger partial charge < -0.3 is 10.2 Å². The van der Waals surface area contributed by atoms with E-state index in [1.165, 1.54) is 0 Å². The first-order valence-electron chi connectivity index (χ1n) is 5.70. The van der Waals surface area contributed by atoms with Gasteiger partial charge >= 0.3 is 0 Å². The van der Waals surface area contributed by atoms with Crippen LogP contribution < -0.4 is 5.73 Å². The predicted octanol–water partition coefficient (Wildman–Crippen LogP) is 3.07. The normalized spacial score (nSPS) is 10.9. The Balaban J connectivity index is 2.13. The van der Waals surface area contributed by atoms with Gasteiger partial charge in [-0.15, -0.1) is 0 Å². The molecule has 0 aliphatic carbocycles. The molecule has 2 aromatic heterocycles. The summed E-state index contributed by atoms with van der Waals surface area (Å²) < 4.78 is 7.29. The van der Waals surface area contributed by atoms with Crippen molar-refractivity contribution in [1.82, 2.24) is 9.78 Å². The summed E-state index contributed by atoms with van der Waals surface area (Å²) in [4.78, 5) is 0. The Labute approximate surface area is 105 Å². The number of aromatic nitrogens is 2. The molecule has 92 valence electrons. The zero-order chi connectivity index (χ0) is 12.3. The number of nitrogens with two attached hydrogens (primary N) is 1. The van der Waals surface area contributed by atoms with Crippen LogP contribution in [-0.2, 0) is 12.3 Å². The highest BCUT2D eigenvalue weighted by molar-refractivity contribution is 7.98. The molecule has 0 amide bonds. The van der Waals surface area contributed by atoms with Gasteiger partial charge in [-0.3, -0.25) is 4.68 Å². The van der Waals surface area contributed by atoms with Gasteiger partial charge in [0.25, 0.3) is 0 Å². The fraction of sp³-hybridized carbons (Fsp3) is 0.417. The largest absolute Gasteiger partial charge is 0.468 e. The number of nitrogen functional groups attached to an aromatic ring is 1. The molecule has 2 N–H and O–H groups in total. The molecule has 2 rings (SSSR count). The monoisotopic (exact) mass is 251 g/mol. The van der Waals surface area contributed by atoms with Gasteiger partial charge in [-0.05, 0) is 25.5 Å². The summed E-state index contributed by atoms with van der Waals surface area (Å²) in [7, 11) is 0. The molecular formula is C12H17N3OS. The topological polar surface area (TPSA) is 57.0 Å². The number of anilines is 1. The molecule has 0 unspecified atom stereocenters. The van der Waals surface area contributed by atoms with Gasteiger partial charge in [0.1, 0.15) is 10.8 Å². The van der Waals surface area contributed by atoms with Gasteiger partial charge in [-0.1, -0.05) is 18.7 Å². The van der Waals surface area contributed by atoms with Gasteiger partial charge in [0, 0.05) is 6.54 Å². The van der Waals surface area contributed by atoms with E-state index in [4.69, 9.17) is 10.2 Å². The number of thioether (sulfide) groups is 1. The molecule has 0 aliphatic heterocycles. The number of furan rings is 1. The van der Waals surface area contributed by atoms with Crippen molar-refractivity contribution in [1.29, 1.82) is 0 Å². The van der Waals surface area contributed by atoms with E-state index >= 15 is 0 Å². The highest BCUT2D eigenvalue weighted by Crippen LogP contribution is 2.30. The molecule has 2 aromatic rings. The minimum atomic E-state index is 0.784. The molecule has 0 aliphatic rings. The Bertz CT molecular complexity index is 476. The molecule has 5 heteroatoms. The van der Waals surface area contributed by atoms with Crippen LogP contribution in [0.3, 0.4) is 0 Å². The third-order valence-corrected chi connectivity index (χ3v) is 3.62. The van der Waals surface area contributed by atoms with E-state index in [2.05, 4.69) is 12.0 Å². The minimum absolute atomic E-state index is 0.784. The average Bonchev–Trinajstić information content (AvgIpc) is 2.89. The Morgan fingerprint density at radius 3 is 3.00 bits per heavy atom. The van der Waals surface area contributed by atoms with Crippen LogP contribution in [0.5, 0.6) is 0 Å². The van der Waals surface area contributed by atoms with E-state index < -0.39 is 0 Å². The Morgan fingerprint density at radius 1 is 1.53 bits per heavy atom. The van der Waals surface area contributed by atoms with Crippen LogP contribution in [0.4, 0.5) is 5.69 Å². The summed E-state index contributed by atoms with van der Waals surface area (Å²) >= 11 is 1.67. The van der Waals surface area contributed by atoms with E-state index in [1.807, 2.05) is 23.7 Å². The summed E-state index contributed by atoms with van der Waals surface area (Å²) in [5.41, 5.74) is 7.73. The van der Waals surface area contributed by atoms with Crippen molar-refractivity contribution in [2.24, 2.45) is 0 Å². The second-order valence-electron chi connectivity index (χ2n) is 3.90. The molecule has 0 fully saturated rings. The van der Waals surface area contributed by atoms with Crippen molar-refractivity contribution < 1.29 is 4.42 Å². The smallest absolute Gasteiger partial charge is 0.118 e. The standard InChI is InChI=1S/C12H17N3OS/c1-3-6-15-12(11(13)9(2)14-15)17-8-10-5-4-7-16-10/h4-5,7H,3,6,8,13H2,1-2H3. The molecule has 0 bridgehead atoms. The van der Waals surface area contributed by atoms with Crippen molar-refractivity contribution in [3.05, 3.63) is 29.9 Å². The van der Waals surface area contributed by atoms with Crippen molar-refractivity contribution in [3.63, 3.8) is 0 Å². The average molecular weight is 251 g/mol. The van der Waals surface area contributed by atoms with E-state index in [1.54, 1.807) is 18.0 Å².